The van der Waals surface area contributed by atoms with Crippen LogP contribution in [0.3, 0.4) is 0 Å². The molecule has 0 saturated carbocycles. The third-order valence-electron chi connectivity index (χ3n) is 2.57. The van der Waals surface area contributed by atoms with Crippen molar-refractivity contribution >= 4 is 5.91 Å². The lowest BCUT2D eigenvalue weighted by Gasteiger charge is -2.27. The van der Waals surface area contributed by atoms with Gasteiger partial charge in [-0.15, -0.1) is 0 Å². The molecule has 0 aromatic rings. The second-order valence-electron chi connectivity index (χ2n) is 3.86. The number of nitriles is 1. The van der Waals surface area contributed by atoms with Gasteiger partial charge in [-0.25, -0.2) is 0 Å². The van der Waals surface area contributed by atoms with Crippen molar-refractivity contribution in [1.29, 1.82) is 5.26 Å². The fourth-order valence-corrected chi connectivity index (χ4v) is 1.62. The predicted octanol–water partition coefficient (Wildman–Crippen LogP) is 1.71. The highest BCUT2D eigenvalue weighted by atomic mass is 16.2. The van der Waals surface area contributed by atoms with Crippen molar-refractivity contribution in [3.8, 4) is 6.07 Å². The molecule has 14 heavy (non-hydrogen) atoms. The van der Waals surface area contributed by atoms with Crippen LogP contribution in [0, 0.1) is 17.2 Å². The first-order valence-corrected chi connectivity index (χ1v) is 4.98. The Labute approximate surface area is 85.0 Å². The summed E-state index contributed by atoms with van der Waals surface area (Å²) < 4.78 is 0. The smallest absolute Gasteiger partial charge is 0.237 e. The molecule has 3 heteroatoms. The number of carbonyl (C=O) groups is 1. The van der Waals surface area contributed by atoms with Gasteiger partial charge in [-0.3, -0.25) is 4.79 Å². The van der Waals surface area contributed by atoms with Gasteiger partial charge in [0.05, 0.1) is 6.07 Å². The molecule has 1 aliphatic heterocycles. The van der Waals surface area contributed by atoms with E-state index in [-0.39, 0.29) is 12.3 Å². The molecule has 76 valence electrons. The highest BCUT2D eigenvalue weighted by Crippen LogP contribution is 2.18. The number of hydrogen-bond acceptors (Lipinski definition) is 2. The van der Waals surface area contributed by atoms with Crippen molar-refractivity contribution in [1.82, 2.24) is 4.90 Å². The van der Waals surface area contributed by atoms with Gasteiger partial charge in [-0.1, -0.05) is 25.5 Å². The maximum atomic E-state index is 11.3. The van der Waals surface area contributed by atoms with E-state index in [1.165, 1.54) is 5.57 Å². The van der Waals surface area contributed by atoms with Gasteiger partial charge in [-0.2, -0.15) is 5.26 Å². The van der Waals surface area contributed by atoms with E-state index >= 15 is 0 Å². The molecule has 1 amide bonds. The highest BCUT2D eigenvalue weighted by Gasteiger charge is 2.17. The van der Waals surface area contributed by atoms with E-state index in [1.54, 1.807) is 4.90 Å². The number of nitrogens with zero attached hydrogens (tertiary/aromatic N) is 2. The van der Waals surface area contributed by atoms with Crippen molar-refractivity contribution in [2.45, 2.75) is 26.7 Å². The molecule has 0 N–H and O–H groups in total. The third-order valence-corrected chi connectivity index (χ3v) is 2.57. The molecular weight excluding hydrogens is 176 g/mol. The zero-order valence-electron chi connectivity index (χ0n) is 8.79. The summed E-state index contributed by atoms with van der Waals surface area (Å²) in [6.45, 7) is 5.77. The van der Waals surface area contributed by atoms with Gasteiger partial charge in [0.25, 0.3) is 0 Å². The quantitative estimate of drug-likeness (QED) is 0.625. The van der Waals surface area contributed by atoms with Gasteiger partial charge in [0.15, 0.2) is 0 Å². The Hall–Kier alpha value is -1.30. The molecule has 0 saturated heterocycles. The van der Waals surface area contributed by atoms with Crippen molar-refractivity contribution in [3.63, 3.8) is 0 Å². The number of hydrogen-bond donors (Lipinski definition) is 0. The summed E-state index contributed by atoms with van der Waals surface area (Å²) in [4.78, 5) is 13.1. The van der Waals surface area contributed by atoms with Gasteiger partial charge in [0.2, 0.25) is 5.91 Å². The van der Waals surface area contributed by atoms with E-state index in [0.717, 1.165) is 13.0 Å². The first kappa shape index (κ1) is 10.8. The van der Waals surface area contributed by atoms with Crippen LogP contribution in [-0.4, -0.2) is 23.9 Å². The van der Waals surface area contributed by atoms with Crippen LogP contribution >= 0.6 is 0 Å². The lowest BCUT2D eigenvalue weighted by molar-refractivity contribution is -0.129. The molecule has 0 bridgehead atoms. The van der Waals surface area contributed by atoms with Crippen LogP contribution in [0.1, 0.15) is 26.7 Å². The van der Waals surface area contributed by atoms with Crippen LogP contribution in [-0.2, 0) is 4.79 Å². The van der Waals surface area contributed by atoms with Gasteiger partial charge < -0.3 is 4.90 Å². The highest BCUT2D eigenvalue weighted by molar-refractivity contribution is 5.78. The normalized spacial score (nSPS) is 16.4. The Balaban J connectivity index is 2.51. The van der Waals surface area contributed by atoms with Crippen molar-refractivity contribution < 1.29 is 4.79 Å². The molecule has 0 radical (unpaired) electrons. The Morgan fingerprint density at radius 2 is 2.43 bits per heavy atom. The van der Waals surface area contributed by atoms with Crippen molar-refractivity contribution in [2.24, 2.45) is 5.92 Å². The minimum absolute atomic E-state index is 0.00481. The lowest BCUT2D eigenvalue weighted by atomic mass is 9.97. The minimum Gasteiger partial charge on any atom is -0.338 e. The SMILES string of the molecule is CC(C)C1=CCN(C(=O)CC#N)CC1. The molecule has 0 spiro atoms. The molecule has 0 unspecified atom stereocenters. The zero-order valence-corrected chi connectivity index (χ0v) is 8.79. The van der Waals surface area contributed by atoms with E-state index < -0.39 is 0 Å². The van der Waals surface area contributed by atoms with E-state index in [1.807, 2.05) is 6.07 Å². The van der Waals surface area contributed by atoms with Crippen molar-refractivity contribution in [3.05, 3.63) is 11.6 Å². The van der Waals surface area contributed by atoms with Crippen LogP contribution in [0.15, 0.2) is 11.6 Å². The van der Waals surface area contributed by atoms with E-state index in [2.05, 4.69) is 19.9 Å². The minimum atomic E-state index is -0.0495. The maximum absolute atomic E-state index is 11.3. The summed E-state index contributed by atoms with van der Waals surface area (Å²) in [6, 6.07) is 1.89. The van der Waals surface area contributed by atoms with Crippen LogP contribution in [0.2, 0.25) is 0 Å². The molecule has 0 aromatic carbocycles. The fraction of sp³-hybridized carbons (Fsp3) is 0.636. The maximum Gasteiger partial charge on any atom is 0.237 e. The predicted molar refractivity (Wildman–Crippen MR) is 54.3 cm³/mol. The molecule has 1 rings (SSSR count). The molecule has 0 fully saturated rings. The Morgan fingerprint density at radius 3 is 2.86 bits per heavy atom. The Bertz CT molecular complexity index is 286. The topological polar surface area (TPSA) is 44.1 Å². The number of amides is 1. The summed E-state index contributed by atoms with van der Waals surface area (Å²) in [6.07, 6.45) is 3.07. The van der Waals surface area contributed by atoms with E-state index in [0.29, 0.717) is 12.5 Å². The average Bonchev–Trinajstić information content (AvgIpc) is 2.18. The number of carbonyl (C=O) groups excluding carboxylic acids is 1. The third kappa shape index (κ3) is 2.59. The van der Waals surface area contributed by atoms with E-state index in [9.17, 15) is 4.79 Å². The molecular formula is C11H16N2O. The Morgan fingerprint density at radius 1 is 1.71 bits per heavy atom. The molecule has 3 nitrogen and oxygen atoms in total. The van der Waals surface area contributed by atoms with Crippen molar-refractivity contribution in [2.75, 3.05) is 13.1 Å². The second-order valence-corrected chi connectivity index (χ2v) is 3.86. The summed E-state index contributed by atoms with van der Waals surface area (Å²) >= 11 is 0. The van der Waals surface area contributed by atoms with Crippen LogP contribution in [0.4, 0.5) is 0 Å². The van der Waals surface area contributed by atoms with Crippen LogP contribution < -0.4 is 0 Å². The Kier molecular flexibility index (Phi) is 3.70. The summed E-state index contributed by atoms with van der Waals surface area (Å²) in [5.41, 5.74) is 1.42. The summed E-state index contributed by atoms with van der Waals surface area (Å²) in [5, 5.41) is 8.39. The zero-order chi connectivity index (χ0) is 10.6. The molecule has 1 aliphatic rings. The van der Waals surface area contributed by atoms with Crippen LogP contribution in [0.25, 0.3) is 0 Å². The summed E-state index contributed by atoms with van der Waals surface area (Å²) in [5.74, 6) is 0.523. The average molecular weight is 192 g/mol. The molecule has 0 aliphatic carbocycles. The number of rotatable bonds is 2. The van der Waals surface area contributed by atoms with E-state index in [4.69, 9.17) is 5.26 Å². The second kappa shape index (κ2) is 4.80. The summed E-state index contributed by atoms with van der Waals surface area (Å²) in [7, 11) is 0. The van der Waals surface area contributed by atoms with Gasteiger partial charge in [0.1, 0.15) is 6.42 Å². The van der Waals surface area contributed by atoms with Gasteiger partial charge in [-0.05, 0) is 12.3 Å². The monoisotopic (exact) mass is 192 g/mol. The molecule has 1 heterocycles. The van der Waals surface area contributed by atoms with Crippen LogP contribution in [0.5, 0.6) is 0 Å². The lowest BCUT2D eigenvalue weighted by Crippen LogP contribution is -2.35. The first-order chi connectivity index (χ1) is 6.65. The van der Waals surface area contributed by atoms with Gasteiger partial charge in [0, 0.05) is 13.1 Å². The standard InChI is InChI=1S/C11H16N2O/c1-9(2)10-4-7-13(8-5-10)11(14)3-6-12/h4,9H,3,5,7-8H2,1-2H3. The van der Waals surface area contributed by atoms with Gasteiger partial charge >= 0.3 is 0 Å². The largest absolute Gasteiger partial charge is 0.338 e. The fourth-order valence-electron chi connectivity index (χ4n) is 1.62. The molecule has 0 atom stereocenters. The first-order valence-electron chi connectivity index (χ1n) is 4.98. The molecule has 0 aromatic heterocycles.